The molecule has 0 radical (unpaired) electrons. The standard InChI is InChI=1S/C15H16N2O3S/c1-12(18)17-14-9-7-13(8-10-14)11-16-21(19,20)15-5-3-2-4-6-15/h2-10,16H,11H2,1H3,(H,17,18). The molecule has 0 aliphatic rings. The maximum absolute atomic E-state index is 12.0. The highest BCUT2D eigenvalue weighted by atomic mass is 32.2. The first-order valence-electron chi connectivity index (χ1n) is 6.38. The van der Waals surface area contributed by atoms with E-state index in [1.807, 2.05) is 0 Å². The third kappa shape index (κ3) is 4.40. The molecule has 2 rings (SSSR count). The smallest absolute Gasteiger partial charge is 0.240 e. The molecule has 0 heterocycles. The SMILES string of the molecule is CC(=O)Nc1ccc(CNS(=O)(=O)c2ccccc2)cc1. The molecule has 2 aromatic rings. The van der Waals surface area contributed by atoms with Gasteiger partial charge in [-0.15, -0.1) is 0 Å². The van der Waals surface area contributed by atoms with E-state index in [-0.39, 0.29) is 17.3 Å². The molecule has 21 heavy (non-hydrogen) atoms. The first kappa shape index (κ1) is 15.2. The Kier molecular flexibility index (Phi) is 4.72. The summed E-state index contributed by atoms with van der Waals surface area (Å²) in [5, 5.41) is 2.65. The van der Waals surface area contributed by atoms with Gasteiger partial charge in [-0.2, -0.15) is 0 Å². The molecule has 2 aromatic carbocycles. The summed E-state index contributed by atoms with van der Waals surface area (Å²) >= 11 is 0. The predicted molar refractivity (Wildman–Crippen MR) is 81.2 cm³/mol. The normalized spacial score (nSPS) is 11.1. The fourth-order valence-electron chi connectivity index (χ4n) is 1.77. The Bertz CT molecular complexity index is 710. The van der Waals surface area contributed by atoms with Crippen LogP contribution in [-0.2, 0) is 21.4 Å². The van der Waals surface area contributed by atoms with Crippen LogP contribution in [0, 0.1) is 0 Å². The summed E-state index contributed by atoms with van der Waals surface area (Å²) in [6, 6.07) is 15.2. The van der Waals surface area contributed by atoms with Gasteiger partial charge < -0.3 is 5.32 Å². The summed E-state index contributed by atoms with van der Waals surface area (Å²) in [5.41, 5.74) is 1.49. The highest BCUT2D eigenvalue weighted by Gasteiger charge is 2.12. The van der Waals surface area contributed by atoms with Gasteiger partial charge in [0.05, 0.1) is 4.90 Å². The van der Waals surface area contributed by atoms with Gasteiger partial charge in [0.25, 0.3) is 0 Å². The Labute approximate surface area is 124 Å². The van der Waals surface area contributed by atoms with Gasteiger partial charge in [-0.3, -0.25) is 4.79 Å². The minimum absolute atomic E-state index is 0.146. The Balaban J connectivity index is 2.01. The molecule has 0 aliphatic carbocycles. The lowest BCUT2D eigenvalue weighted by Gasteiger charge is -2.08. The van der Waals surface area contributed by atoms with Gasteiger partial charge in [0.2, 0.25) is 15.9 Å². The van der Waals surface area contributed by atoms with Crippen molar-refractivity contribution in [2.75, 3.05) is 5.32 Å². The average molecular weight is 304 g/mol. The van der Waals surface area contributed by atoms with Crippen molar-refractivity contribution in [2.24, 2.45) is 0 Å². The topological polar surface area (TPSA) is 75.3 Å². The molecule has 110 valence electrons. The second-order valence-corrected chi connectivity index (χ2v) is 6.28. The molecule has 0 saturated carbocycles. The van der Waals surface area contributed by atoms with Crippen LogP contribution in [-0.4, -0.2) is 14.3 Å². The molecule has 1 amide bonds. The van der Waals surface area contributed by atoms with E-state index < -0.39 is 10.0 Å². The fourth-order valence-corrected chi connectivity index (χ4v) is 2.81. The zero-order valence-electron chi connectivity index (χ0n) is 11.5. The zero-order chi connectivity index (χ0) is 15.3. The highest BCUT2D eigenvalue weighted by Crippen LogP contribution is 2.11. The van der Waals surface area contributed by atoms with Gasteiger partial charge in [-0.1, -0.05) is 30.3 Å². The molecule has 0 atom stereocenters. The van der Waals surface area contributed by atoms with E-state index >= 15 is 0 Å². The second kappa shape index (κ2) is 6.51. The maximum Gasteiger partial charge on any atom is 0.240 e. The number of benzene rings is 2. The average Bonchev–Trinajstić information content (AvgIpc) is 2.47. The summed E-state index contributed by atoms with van der Waals surface area (Å²) in [6.07, 6.45) is 0. The molecule has 2 N–H and O–H groups in total. The van der Waals surface area contributed by atoms with Crippen molar-refractivity contribution in [3.05, 3.63) is 60.2 Å². The second-order valence-electron chi connectivity index (χ2n) is 4.52. The number of anilines is 1. The van der Waals surface area contributed by atoms with E-state index in [1.165, 1.54) is 6.92 Å². The van der Waals surface area contributed by atoms with Crippen molar-refractivity contribution in [3.8, 4) is 0 Å². The lowest BCUT2D eigenvalue weighted by molar-refractivity contribution is -0.114. The van der Waals surface area contributed by atoms with E-state index in [9.17, 15) is 13.2 Å². The van der Waals surface area contributed by atoms with Gasteiger partial charge in [0, 0.05) is 19.2 Å². The first-order valence-corrected chi connectivity index (χ1v) is 7.87. The van der Waals surface area contributed by atoms with E-state index in [2.05, 4.69) is 10.0 Å². The van der Waals surface area contributed by atoms with E-state index in [4.69, 9.17) is 0 Å². The first-order chi connectivity index (χ1) is 9.97. The van der Waals surface area contributed by atoms with Crippen LogP contribution < -0.4 is 10.0 Å². The van der Waals surface area contributed by atoms with Crippen LogP contribution in [0.3, 0.4) is 0 Å². The van der Waals surface area contributed by atoms with E-state index in [1.54, 1.807) is 54.6 Å². The fraction of sp³-hybridized carbons (Fsp3) is 0.133. The van der Waals surface area contributed by atoms with Gasteiger partial charge in [-0.05, 0) is 29.8 Å². The third-order valence-electron chi connectivity index (χ3n) is 2.79. The summed E-state index contributed by atoms with van der Waals surface area (Å²) in [4.78, 5) is 11.1. The number of carbonyl (C=O) groups is 1. The molecule has 0 bridgehead atoms. The molecule has 0 aromatic heterocycles. The van der Waals surface area contributed by atoms with Crippen LogP contribution in [0.4, 0.5) is 5.69 Å². The van der Waals surface area contributed by atoms with Gasteiger partial charge in [0.1, 0.15) is 0 Å². The lowest BCUT2D eigenvalue weighted by atomic mass is 10.2. The summed E-state index contributed by atoms with van der Waals surface area (Å²) < 4.78 is 26.6. The van der Waals surface area contributed by atoms with Crippen molar-refractivity contribution < 1.29 is 13.2 Å². The summed E-state index contributed by atoms with van der Waals surface area (Å²) in [7, 11) is -3.51. The number of rotatable bonds is 5. The van der Waals surface area contributed by atoms with Crippen LogP contribution >= 0.6 is 0 Å². The molecule has 5 nitrogen and oxygen atoms in total. The predicted octanol–water partition coefficient (Wildman–Crippen LogP) is 2.12. The summed E-state index contributed by atoms with van der Waals surface area (Å²) in [6.45, 7) is 1.62. The highest BCUT2D eigenvalue weighted by molar-refractivity contribution is 7.89. The van der Waals surface area contributed by atoms with Crippen molar-refractivity contribution in [1.82, 2.24) is 4.72 Å². The van der Waals surface area contributed by atoms with Crippen LogP contribution in [0.1, 0.15) is 12.5 Å². The minimum atomic E-state index is -3.51. The Morgan fingerprint density at radius 3 is 2.19 bits per heavy atom. The molecule has 6 heteroatoms. The maximum atomic E-state index is 12.0. The molecule has 0 unspecified atom stereocenters. The van der Waals surface area contributed by atoms with E-state index in [0.717, 1.165) is 5.56 Å². The van der Waals surface area contributed by atoms with Gasteiger partial charge in [-0.25, -0.2) is 13.1 Å². The van der Waals surface area contributed by atoms with Crippen molar-refractivity contribution in [1.29, 1.82) is 0 Å². The molecule has 0 fully saturated rings. The van der Waals surface area contributed by atoms with E-state index in [0.29, 0.717) is 5.69 Å². The summed E-state index contributed by atoms with van der Waals surface area (Å²) in [5.74, 6) is -0.146. The quantitative estimate of drug-likeness (QED) is 0.888. The van der Waals surface area contributed by atoms with Crippen molar-refractivity contribution in [2.45, 2.75) is 18.4 Å². The largest absolute Gasteiger partial charge is 0.326 e. The molecule has 0 aliphatic heterocycles. The Morgan fingerprint density at radius 1 is 1.00 bits per heavy atom. The zero-order valence-corrected chi connectivity index (χ0v) is 12.4. The molecule has 0 saturated heterocycles. The van der Waals surface area contributed by atoms with Crippen LogP contribution in [0.15, 0.2) is 59.5 Å². The number of nitrogens with one attached hydrogen (secondary N) is 2. The van der Waals surface area contributed by atoms with Crippen LogP contribution in [0.5, 0.6) is 0 Å². The van der Waals surface area contributed by atoms with Crippen molar-refractivity contribution >= 4 is 21.6 Å². The Hall–Kier alpha value is -2.18. The minimum Gasteiger partial charge on any atom is -0.326 e. The van der Waals surface area contributed by atoms with Gasteiger partial charge in [0.15, 0.2) is 0 Å². The number of sulfonamides is 1. The number of hydrogen-bond donors (Lipinski definition) is 2. The number of amides is 1. The molecule has 0 spiro atoms. The van der Waals surface area contributed by atoms with Crippen LogP contribution in [0.2, 0.25) is 0 Å². The number of carbonyl (C=O) groups excluding carboxylic acids is 1. The van der Waals surface area contributed by atoms with Gasteiger partial charge >= 0.3 is 0 Å². The number of hydrogen-bond acceptors (Lipinski definition) is 3. The third-order valence-corrected chi connectivity index (χ3v) is 4.21. The monoisotopic (exact) mass is 304 g/mol. The van der Waals surface area contributed by atoms with Crippen LogP contribution in [0.25, 0.3) is 0 Å². The Morgan fingerprint density at radius 2 is 1.62 bits per heavy atom. The van der Waals surface area contributed by atoms with Crippen molar-refractivity contribution in [3.63, 3.8) is 0 Å². The molecular weight excluding hydrogens is 288 g/mol. The molecular formula is C15H16N2O3S. The lowest BCUT2D eigenvalue weighted by Crippen LogP contribution is -2.23.